The second-order valence-electron chi connectivity index (χ2n) is 15.9. The number of anilines is 1. The highest BCUT2D eigenvalue weighted by molar-refractivity contribution is 6.03. The summed E-state index contributed by atoms with van der Waals surface area (Å²) in [6, 6.07) is 6.57. The fourth-order valence-corrected chi connectivity index (χ4v) is 10.1. The van der Waals surface area contributed by atoms with Crippen LogP contribution in [0.15, 0.2) is 37.9 Å². The van der Waals surface area contributed by atoms with Crippen LogP contribution in [0.4, 0.5) is 19.0 Å². The van der Waals surface area contributed by atoms with E-state index in [0.29, 0.717) is 48.2 Å². The van der Waals surface area contributed by atoms with Gasteiger partial charge in [0, 0.05) is 48.6 Å². The molecular weight excluding hydrogens is 713 g/mol. The highest BCUT2D eigenvalue weighted by Gasteiger charge is 2.50. The zero-order valence-electron chi connectivity index (χ0n) is 30.5. The number of benzene rings is 2. The minimum absolute atomic E-state index is 0.0153. The molecule has 284 valence electrons. The minimum Gasteiger partial charge on any atom is -0.485 e. The van der Waals surface area contributed by atoms with Crippen LogP contribution in [0.1, 0.15) is 61.8 Å². The van der Waals surface area contributed by atoms with Gasteiger partial charge < -0.3 is 28.5 Å². The van der Waals surface area contributed by atoms with Gasteiger partial charge in [0.25, 0.3) is 0 Å². The van der Waals surface area contributed by atoms with Crippen molar-refractivity contribution in [2.75, 3.05) is 31.1 Å². The molecular formula is C41H39F3N6O5. The van der Waals surface area contributed by atoms with Gasteiger partial charge in [-0.2, -0.15) is 9.97 Å². The summed E-state index contributed by atoms with van der Waals surface area (Å²) in [5.74, 6) is 1.61. The Morgan fingerprint density at radius 1 is 1.11 bits per heavy atom. The normalized spacial score (nSPS) is 27.0. The number of alkyl halides is 1. The van der Waals surface area contributed by atoms with E-state index in [1.807, 2.05) is 0 Å². The van der Waals surface area contributed by atoms with E-state index < -0.39 is 29.2 Å². The number of nitrogens with zero attached hydrogens (tertiary/aromatic N) is 5. The van der Waals surface area contributed by atoms with Crippen LogP contribution >= 0.6 is 0 Å². The Bertz CT molecular complexity index is 2500. The Morgan fingerprint density at radius 3 is 2.80 bits per heavy atom. The number of hydrogen-bond acceptors (Lipinski definition) is 11. The van der Waals surface area contributed by atoms with E-state index in [9.17, 15) is 9.18 Å². The van der Waals surface area contributed by atoms with Crippen LogP contribution in [0.3, 0.4) is 0 Å². The van der Waals surface area contributed by atoms with Gasteiger partial charge in [-0.05, 0) is 75.1 Å². The van der Waals surface area contributed by atoms with Gasteiger partial charge in [0.15, 0.2) is 17.3 Å². The zero-order valence-corrected chi connectivity index (χ0v) is 30.5. The largest absolute Gasteiger partial charge is 0.519 e. The molecule has 0 amide bonds. The smallest absolute Gasteiger partial charge is 0.485 e. The summed E-state index contributed by atoms with van der Waals surface area (Å²) >= 11 is 0. The van der Waals surface area contributed by atoms with Gasteiger partial charge in [0.1, 0.15) is 48.0 Å². The Kier molecular flexibility index (Phi) is 7.94. The average molecular weight is 753 g/mol. The van der Waals surface area contributed by atoms with Gasteiger partial charge in [0.05, 0.1) is 22.2 Å². The highest BCUT2D eigenvalue weighted by Crippen LogP contribution is 2.46. The molecule has 5 aliphatic rings. The number of piperazine rings is 1. The van der Waals surface area contributed by atoms with Crippen LogP contribution in [0, 0.1) is 36.8 Å². The number of pyridine rings is 1. The lowest BCUT2D eigenvalue weighted by atomic mass is 9.89. The van der Waals surface area contributed by atoms with Crippen LogP contribution in [-0.4, -0.2) is 75.9 Å². The van der Waals surface area contributed by atoms with E-state index in [1.54, 1.807) is 25.1 Å². The van der Waals surface area contributed by atoms with Crippen LogP contribution in [0.2, 0.25) is 0 Å². The number of aromatic nitrogens is 3. The predicted molar refractivity (Wildman–Crippen MR) is 197 cm³/mol. The van der Waals surface area contributed by atoms with Gasteiger partial charge in [-0.3, -0.25) is 4.90 Å². The summed E-state index contributed by atoms with van der Waals surface area (Å²) < 4.78 is 70.3. The van der Waals surface area contributed by atoms with Crippen LogP contribution in [0.5, 0.6) is 11.8 Å². The number of aryl methyl sites for hydroxylation is 1. The number of nitrogens with one attached hydrogen (secondary N) is 1. The van der Waals surface area contributed by atoms with Gasteiger partial charge in [-0.1, -0.05) is 18.9 Å². The molecule has 11 nitrogen and oxygen atoms in total. The van der Waals surface area contributed by atoms with Crippen molar-refractivity contribution >= 4 is 27.5 Å². The van der Waals surface area contributed by atoms with Crippen LogP contribution in [0.25, 0.3) is 32.9 Å². The zero-order chi connectivity index (χ0) is 37.7. The highest BCUT2D eigenvalue weighted by atomic mass is 19.1. The van der Waals surface area contributed by atoms with E-state index in [0.717, 1.165) is 32.2 Å². The van der Waals surface area contributed by atoms with Gasteiger partial charge in [-0.25, -0.2) is 22.9 Å². The Labute approximate surface area is 314 Å². The molecule has 0 unspecified atom stereocenters. The molecule has 0 saturated carbocycles. The van der Waals surface area contributed by atoms with Crippen LogP contribution in [-0.2, 0) is 13.0 Å². The third-order valence-corrected chi connectivity index (χ3v) is 12.5. The summed E-state index contributed by atoms with van der Waals surface area (Å²) in [5.41, 5.74) is 0.256. The molecule has 4 saturated heterocycles. The summed E-state index contributed by atoms with van der Waals surface area (Å²) in [5, 5.41) is 5.07. The third-order valence-electron chi connectivity index (χ3n) is 12.5. The molecule has 2 aromatic carbocycles. The molecule has 3 aromatic heterocycles. The lowest BCUT2D eigenvalue weighted by Crippen LogP contribution is -2.60. The van der Waals surface area contributed by atoms with Crippen molar-refractivity contribution in [2.45, 2.75) is 88.8 Å². The molecule has 6 atom stereocenters. The second kappa shape index (κ2) is 12.7. The summed E-state index contributed by atoms with van der Waals surface area (Å²) in [4.78, 5) is 31.0. The Morgan fingerprint density at radius 2 is 1.98 bits per heavy atom. The fraction of sp³-hybridized carbons (Fsp3) is 0.463. The lowest BCUT2D eigenvalue weighted by molar-refractivity contribution is 0.107. The molecule has 0 spiro atoms. The van der Waals surface area contributed by atoms with Crippen molar-refractivity contribution in [3.8, 4) is 35.4 Å². The number of rotatable bonds is 7. The van der Waals surface area contributed by atoms with E-state index in [4.69, 9.17) is 39.7 Å². The van der Waals surface area contributed by atoms with Crippen molar-refractivity contribution in [3.63, 3.8) is 0 Å². The monoisotopic (exact) mass is 752 g/mol. The number of ether oxygens (including phenoxy) is 2. The second-order valence-corrected chi connectivity index (χ2v) is 15.9. The minimum atomic E-state index is -0.937. The van der Waals surface area contributed by atoms with Gasteiger partial charge in [-0.15, -0.1) is 6.42 Å². The molecule has 4 fully saturated rings. The number of hydrogen-bond donors (Lipinski definition) is 1. The van der Waals surface area contributed by atoms with Gasteiger partial charge in [0.2, 0.25) is 0 Å². The number of fused-ring (bicyclic) bond motifs is 7. The maximum atomic E-state index is 17.6. The molecule has 8 heterocycles. The first-order chi connectivity index (χ1) is 26.6. The van der Waals surface area contributed by atoms with Crippen molar-refractivity contribution in [1.29, 1.82) is 0 Å². The van der Waals surface area contributed by atoms with Crippen LogP contribution < -0.4 is 25.5 Å². The predicted octanol–water partition coefficient (Wildman–Crippen LogP) is 5.99. The summed E-state index contributed by atoms with van der Waals surface area (Å²) in [7, 11) is 0. The topological polar surface area (TPSA) is 119 Å². The first-order valence-electron chi connectivity index (χ1n) is 19.0. The average Bonchev–Trinajstić information content (AvgIpc) is 3.89. The van der Waals surface area contributed by atoms with Crippen molar-refractivity contribution in [3.05, 3.63) is 69.3 Å². The molecule has 1 N–H and O–H groups in total. The van der Waals surface area contributed by atoms with E-state index in [1.165, 1.54) is 6.07 Å². The maximum Gasteiger partial charge on any atom is 0.519 e. The molecule has 5 aromatic rings. The Balaban J connectivity index is 1.16. The first-order valence-corrected chi connectivity index (χ1v) is 19.0. The van der Waals surface area contributed by atoms with Crippen molar-refractivity contribution in [1.82, 2.24) is 25.2 Å². The Hall–Kier alpha value is -5.13. The van der Waals surface area contributed by atoms with E-state index in [-0.39, 0.29) is 88.3 Å². The molecule has 55 heavy (non-hydrogen) atoms. The molecule has 5 aliphatic heterocycles. The summed E-state index contributed by atoms with van der Waals surface area (Å²) in [6.45, 7) is 5.65. The third kappa shape index (κ3) is 5.49. The van der Waals surface area contributed by atoms with Crippen molar-refractivity contribution in [2.24, 2.45) is 5.92 Å². The van der Waals surface area contributed by atoms with E-state index >= 15 is 8.78 Å². The molecule has 10 rings (SSSR count). The molecule has 14 heteroatoms. The van der Waals surface area contributed by atoms with Crippen molar-refractivity contribution < 1.29 is 31.5 Å². The van der Waals surface area contributed by atoms with Gasteiger partial charge >= 0.3 is 11.8 Å². The fourth-order valence-electron chi connectivity index (χ4n) is 10.1. The maximum absolute atomic E-state index is 17.6. The quantitative estimate of drug-likeness (QED) is 0.198. The van der Waals surface area contributed by atoms with E-state index in [2.05, 4.69) is 28.0 Å². The summed E-state index contributed by atoms with van der Waals surface area (Å²) in [6.07, 6.45) is 9.62. The number of terminal acetylenes is 1. The standard InChI is InChI=1S/C41H39F3N6O5/c1-4-26-28(43)8-6-22-13-25(52-18-31-21(3)54-40(51)55-31)14-27(32(22)26)35-34(44)36-33-30(46-35)12-20(2)37-29-9-7-24(45-29)17-50(37)38(33)48-39(47-36)53-19-41-10-5-11-49(41)16-23(42)15-41/h1,6,8,13-14,20,23-24,29,37,45H,5,7,9-12,15-19H2,2-3H3/t20-,23+,24+,29-,37-,41-/m0/s1. The SMILES string of the molecule is C#Cc1c(F)ccc2cc(OCc3oc(=O)oc3C)cc(-c3nc4c5c(nc(OC[C@@]67CCCN6C[C@H](F)C7)nc5c3F)N3C[C@H]5CC[C@H](N5)[C@@H]3[C@@H](C)C4)c12. The molecule has 0 aliphatic carbocycles. The molecule has 2 bridgehead atoms. The molecule has 0 radical (unpaired) electrons. The lowest BCUT2D eigenvalue weighted by Gasteiger charge is -2.43. The number of halogens is 3. The first kappa shape index (κ1) is 34.4.